The van der Waals surface area contributed by atoms with Gasteiger partial charge >= 0.3 is 0 Å². The maximum absolute atomic E-state index is 12.4. The molecule has 2 aromatic rings. The Labute approximate surface area is 180 Å². The fourth-order valence-corrected chi connectivity index (χ4v) is 3.52. The third-order valence-corrected chi connectivity index (χ3v) is 5.23. The van der Waals surface area contributed by atoms with Gasteiger partial charge in [-0.3, -0.25) is 14.4 Å². The summed E-state index contributed by atoms with van der Waals surface area (Å²) in [7, 11) is 3.20. The summed E-state index contributed by atoms with van der Waals surface area (Å²) < 4.78 is 5.30. The van der Waals surface area contributed by atoms with Gasteiger partial charge in [0.15, 0.2) is 0 Å². The fraction of sp³-hybridized carbons (Fsp3) is 0.318. The van der Waals surface area contributed by atoms with Gasteiger partial charge in [0.25, 0.3) is 5.91 Å². The lowest BCUT2D eigenvalue weighted by Gasteiger charge is -2.19. The molecular formula is C22H24ClN3O4. The van der Waals surface area contributed by atoms with Crippen LogP contribution in [-0.2, 0) is 16.1 Å². The summed E-state index contributed by atoms with van der Waals surface area (Å²) in [5.41, 5.74) is 1.98. The minimum absolute atomic E-state index is 0.0946. The highest BCUT2D eigenvalue weighted by molar-refractivity contribution is 6.30. The number of nitrogens with zero attached hydrogens (tertiary/aromatic N) is 2. The van der Waals surface area contributed by atoms with Crippen molar-refractivity contribution in [2.24, 2.45) is 0 Å². The molecule has 3 rings (SSSR count). The van der Waals surface area contributed by atoms with Crippen molar-refractivity contribution in [1.82, 2.24) is 10.2 Å². The molecule has 0 spiro atoms. The van der Waals surface area contributed by atoms with Crippen LogP contribution >= 0.6 is 11.6 Å². The predicted molar refractivity (Wildman–Crippen MR) is 115 cm³/mol. The number of likely N-dealkylation sites (N-methyl/N-ethyl adjacent to an activating group) is 1. The molecule has 7 nitrogen and oxygen atoms in total. The first-order valence-corrected chi connectivity index (χ1v) is 10.0. The highest BCUT2D eigenvalue weighted by Crippen LogP contribution is 2.24. The van der Waals surface area contributed by atoms with Crippen molar-refractivity contribution >= 4 is 35.0 Å². The van der Waals surface area contributed by atoms with E-state index in [1.165, 1.54) is 4.90 Å². The van der Waals surface area contributed by atoms with E-state index in [9.17, 15) is 14.4 Å². The minimum atomic E-state index is -0.351. The maximum atomic E-state index is 12.4. The summed E-state index contributed by atoms with van der Waals surface area (Å²) in [6.45, 7) is 0.865. The van der Waals surface area contributed by atoms with E-state index in [1.807, 2.05) is 0 Å². The Kier molecular flexibility index (Phi) is 6.95. The van der Waals surface area contributed by atoms with Crippen LogP contribution in [-0.4, -0.2) is 49.9 Å². The van der Waals surface area contributed by atoms with Crippen molar-refractivity contribution in [1.29, 1.82) is 0 Å². The van der Waals surface area contributed by atoms with Crippen molar-refractivity contribution in [3.8, 4) is 5.75 Å². The van der Waals surface area contributed by atoms with Crippen molar-refractivity contribution in [3.05, 3.63) is 58.6 Å². The van der Waals surface area contributed by atoms with E-state index < -0.39 is 0 Å². The molecule has 30 heavy (non-hydrogen) atoms. The molecule has 1 aliphatic heterocycles. The van der Waals surface area contributed by atoms with Gasteiger partial charge in [0.2, 0.25) is 11.8 Å². The number of hydrogen-bond donors (Lipinski definition) is 1. The molecule has 0 saturated carbocycles. The van der Waals surface area contributed by atoms with E-state index in [-0.39, 0.29) is 24.3 Å². The molecule has 3 amide bonds. The van der Waals surface area contributed by atoms with Crippen LogP contribution in [0.2, 0.25) is 5.02 Å². The highest BCUT2D eigenvalue weighted by Gasteiger charge is 2.22. The zero-order valence-corrected chi connectivity index (χ0v) is 17.7. The lowest BCUT2D eigenvalue weighted by molar-refractivity contribution is -0.129. The number of ether oxygens (including phenoxy) is 1. The van der Waals surface area contributed by atoms with Crippen molar-refractivity contribution in [2.45, 2.75) is 19.4 Å². The van der Waals surface area contributed by atoms with Gasteiger partial charge in [0, 0.05) is 48.4 Å². The fourth-order valence-electron chi connectivity index (χ4n) is 3.32. The number of methoxy groups -OCH3 is 1. The monoisotopic (exact) mass is 429 g/mol. The number of rotatable bonds is 7. The molecule has 0 radical (unpaired) electrons. The van der Waals surface area contributed by atoms with Gasteiger partial charge in [-0.15, -0.1) is 0 Å². The first-order chi connectivity index (χ1) is 14.4. The Hall–Kier alpha value is -3.06. The van der Waals surface area contributed by atoms with Gasteiger partial charge in [-0.25, -0.2) is 0 Å². The van der Waals surface area contributed by atoms with E-state index in [2.05, 4.69) is 5.32 Å². The lowest BCUT2D eigenvalue weighted by atomic mass is 10.1. The second-order valence-electron chi connectivity index (χ2n) is 7.08. The lowest BCUT2D eigenvalue weighted by Crippen LogP contribution is -2.37. The van der Waals surface area contributed by atoms with Crippen LogP contribution in [0.4, 0.5) is 5.69 Å². The normalized spacial score (nSPS) is 13.3. The Morgan fingerprint density at radius 1 is 1.20 bits per heavy atom. The summed E-state index contributed by atoms with van der Waals surface area (Å²) in [4.78, 5) is 39.8. The number of benzene rings is 2. The molecule has 0 aliphatic carbocycles. The van der Waals surface area contributed by atoms with E-state index in [0.717, 1.165) is 17.7 Å². The molecule has 1 heterocycles. The summed E-state index contributed by atoms with van der Waals surface area (Å²) >= 11 is 6.03. The number of halogens is 1. The number of nitrogens with one attached hydrogen (secondary N) is 1. The number of carbonyl (C=O) groups excluding carboxylic acids is 3. The summed E-state index contributed by atoms with van der Waals surface area (Å²) in [6.07, 6.45) is 1.40. The molecular weight excluding hydrogens is 406 g/mol. The predicted octanol–water partition coefficient (Wildman–Crippen LogP) is 2.86. The standard InChI is InChI=1S/C22H24ClN3O4/c1-25(14-16-12-17(23)7-10-19(16)30-2)21(28)13-24-22(29)15-5-8-18(9-6-15)26-11-3-4-20(26)27/h5-10,12H,3-4,11,13-14H2,1-2H3,(H,24,29). The Bertz CT molecular complexity index is 946. The molecule has 0 bridgehead atoms. The molecule has 1 aliphatic rings. The van der Waals surface area contributed by atoms with Crippen LogP contribution in [0.3, 0.4) is 0 Å². The smallest absolute Gasteiger partial charge is 0.251 e. The summed E-state index contributed by atoms with van der Waals surface area (Å²) in [6, 6.07) is 12.0. The van der Waals surface area contributed by atoms with Crippen LogP contribution in [0.5, 0.6) is 5.75 Å². The maximum Gasteiger partial charge on any atom is 0.251 e. The van der Waals surface area contributed by atoms with Crippen molar-refractivity contribution in [3.63, 3.8) is 0 Å². The molecule has 0 unspecified atom stereocenters. The third-order valence-electron chi connectivity index (χ3n) is 4.99. The minimum Gasteiger partial charge on any atom is -0.496 e. The highest BCUT2D eigenvalue weighted by atomic mass is 35.5. The quantitative estimate of drug-likeness (QED) is 0.734. The number of anilines is 1. The summed E-state index contributed by atoms with van der Waals surface area (Å²) in [5.74, 6) is 0.137. The second-order valence-corrected chi connectivity index (χ2v) is 7.52. The molecule has 8 heteroatoms. The molecule has 0 atom stereocenters. The van der Waals surface area contributed by atoms with Crippen LogP contribution in [0.15, 0.2) is 42.5 Å². The molecule has 0 aromatic heterocycles. The van der Waals surface area contributed by atoms with Crippen LogP contribution in [0, 0.1) is 0 Å². The molecule has 1 N–H and O–H groups in total. The van der Waals surface area contributed by atoms with E-state index in [1.54, 1.807) is 61.5 Å². The van der Waals surface area contributed by atoms with E-state index in [0.29, 0.717) is 35.8 Å². The zero-order chi connectivity index (χ0) is 21.7. The molecule has 1 fully saturated rings. The average molecular weight is 430 g/mol. The van der Waals surface area contributed by atoms with Crippen molar-refractivity contribution in [2.75, 3.05) is 32.1 Å². The number of hydrogen-bond acceptors (Lipinski definition) is 4. The van der Waals surface area contributed by atoms with Gasteiger partial charge in [-0.2, -0.15) is 0 Å². The Balaban J connectivity index is 1.54. The van der Waals surface area contributed by atoms with E-state index in [4.69, 9.17) is 16.3 Å². The van der Waals surface area contributed by atoms with Crippen LogP contribution in [0.25, 0.3) is 0 Å². The van der Waals surface area contributed by atoms with Crippen LogP contribution in [0.1, 0.15) is 28.8 Å². The average Bonchev–Trinajstić information content (AvgIpc) is 3.17. The number of carbonyl (C=O) groups is 3. The van der Waals surface area contributed by atoms with Gasteiger partial charge < -0.3 is 19.9 Å². The largest absolute Gasteiger partial charge is 0.496 e. The van der Waals surface area contributed by atoms with Gasteiger partial charge in [0.05, 0.1) is 13.7 Å². The van der Waals surface area contributed by atoms with Gasteiger partial charge in [0.1, 0.15) is 5.75 Å². The first-order valence-electron chi connectivity index (χ1n) is 9.64. The van der Waals surface area contributed by atoms with Gasteiger partial charge in [-0.05, 0) is 48.9 Å². The van der Waals surface area contributed by atoms with Crippen molar-refractivity contribution < 1.29 is 19.1 Å². The third kappa shape index (κ3) is 5.10. The Morgan fingerprint density at radius 3 is 2.57 bits per heavy atom. The molecule has 2 aromatic carbocycles. The Morgan fingerprint density at radius 2 is 1.93 bits per heavy atom. The molecule has 158 valence electrons. The molecule has 1 saturated heterocycles. The van der Waals surface area contributed by atoms with Crippen LogP contribution < -0.4 is 15.0 Å². The first kappa shape index (κ1) is 21.6. The number of amides is 3. The van der Waals surface area contributed by atoms with E-state index >= 15 is 0 Å². The summed E-state index contributed by atoms with van der Waals surface area (Å²) in [5, 5.41) is 3.19. The second kappa shape index (κ2) is 9.63. The zero-order valence-electron chi connectivity index (χ0n) is 17.0. The van der Waals surface area contributed by atoms with Gasteiger partial charge in [-0.1, -0.05) is 11.6 Å². The SMILES string of the molecule is COc1ccc(Cl)cc1CN(C)C(=O)CNC(=O)c1ccc(N2CCCC2=O)cc1. The topological polar surface area (TPSA) is 79.0 Å².